The van der Waals surface area contributed by atoms with Crippen molar-refractivity contribution in [2.24, 2.45) is 0 Å². The molecule has 0 fully saturated rings. The SMILES string of the molecule is O=C(O)c1cccc(S(=O)(=O)Nc2ccc3nc(-c4ccc(F)cc4)[nH]c3c2)c1. The van der Waals surface area contributed by atoms with E-state index in [0.29, 0.717) is 22.4 Å². The third-order valence-corrected chi connectivity index (χ3v) is 5.62. The molecular formula is C20H14FN3O4S. The normalized spacial score (nSPS) is 11.5. The van der Waals surface area contributed by atoms with Crippen molar-refractivity contribution >= 4 is 32.7 Å². The minimum Gasteiger partial charge on any atom is -0.478 e. The average Bonchev–Trinajstić information content (AvgIpc) is 3.11. The summed E-state index contributed by atoms with van der Waals surface area (Å²) in [6.45, 7) is 0. The van der Waals surface area contributed by atoms with Crippen molar-refractivity contribution in [1.82, 2.24) is 9.97 Å². The third kappa shape index (κ3) is 3.81. The molecule has 1 aromatic heterocycles. The van der Waals surface area contributed by atoms with Gasteiger partial charge in [-0.1, -0.05) is 6.07 Å². The van der Waals surface area contributed by atoms with Crippen LogP contribution in [-0.4, -0.2) is 29.5 Å². The van der Waals surface area contributed by atoms with Crippen LogP contribution in [0, 0.1) is 5.82 Å². The lowest BCUT2D eigenvalue weighted by Gasteiger charge is -2.08. The van der Waals surface area contributed by atoms with Gasteiger partial charge in [0.2, 0.25) is 0 Å². The second-order valence-corrected chi connectivity index (χ2v) is 7.95. The van der Waals surface area contributed by atoms with Crippen LogP contribution in [0.2, 0.25) is 0 Å². The Morgan fingerprint density at radius 2 is 1.79 bits per heavy atom. The van der Waals surface area contributed by atoms with E-state index in [0.717, 1.165) is 6.07 Å². The number of imidazole rings is 1. The lowest BCUT2D eigenvalue weighted by atomic mass is 10.2. The van der Waals surface area contributed by atoms with Gasteiger partial charge in [0.1, 0.15) is 11.6 Å². The standard InChI is InChI=1S/C20H14FN3O4S/c21-14-6-4-12(5-7-14)19-22-17-9-8-15(11-18(17)23-19)24-29(27,28)16-3-1-2-13(10-16)20(25)26/h1-11,24H,(H,22,23)(H,25,26). The molecule has 146 valence electrons. The van der Waals surface area contributed by atoms with Crippen molar-refractivity contribution in [1.29, 1.82) is 0 Å². The Morgan fingerprint density at radius 1 is 1.03 bits per heavy atom. The van der Waals surface area contributed by atoms with Gasteiger partial charge < -0.3 is 10.1 Å². The zero-order chi connectivity index (χ0) is 20.6. The van der Waals surface area contributed by atoms with E-state index in [4.69, 9.17) is 5.11 Å². The Labute approximate surface area is 164 Å². The molecule has 4 aromatic rings. The van der Waals surface area contributed by atoms with Crippen LogP contribution in [0.4, 0.5) is 10.1 Å². The first-order valence-corrected chi connectivity index (χ1v) is 9.92. The van der Waals surface area contributed by atoms with Crippen molar-refractivity contribution in [2.45, 2.75) is 4.90 Å². The number of hydrogen-bond acceptors (Lipinski definition) is 4. The van der Waals surface area contributed by atoms with Crippen molar-refractivity contribution in [3.63, 3.8) is 0 Å². The van der Waals surface area contributed by atoms with Crippen LogP contribution in [0.15, 0.2) is 71.6 Å². The number of anilines is 1. The van der Waals surface area contributed by atoms with Gasteiger partial charge in [0.05, 0.1) is 27.2 Å². The monoisotopic (exact) mass is 411 g/mol. The summed E-state index contributed by atoms with van der Waals surface area (Å²) in [5.74, 6) is -1.04. The highest BCUT2D eigenvalue weighted by Gasteiger charge is 2.17. The van der Waals surface area contributed by atoms with Crippen LogP contribution >= 0.6 is 0 Å². The first-order chi connectivity index (χ1) is 13.8. The molecule has 29 heavy (non-hydrogen) atoms. The zero-order valence-electron chi connectivity index (χ0n) is 14.8. The van der Waals surface area contributed by atoms with E-state index in [1.54, 1.807) is 30.3 Å². The Bertz CT molecular complexity index is 1330. The van der Waals surface area contributed by atoms with Gasteiger partial charge in [-0.2, -0.15) is 0 Å². The summed E-state index contributed by atoms with van der Waals surface area (Å²) < 4.78 is 40.7. The van der Waals surface area contributed by atoms with Gasteiger partial charge in [-0.15, -0.1) is 0 Å². The minimum absolute atomic E-state index is 0.124. The maximum absolute atomic E-state index is 13.1. The van der Waals surface area contributed by atoms with Gasteiger partial charge in [0.15, 0.2) is 0 Å². The van der Waals surface area contributed by atoms with Gasteiger partial charge in [0.25, 0.3) is 10.0 Å². The van der Waals surface area contributed by atoms with Crippen molar-refractivity contribution in [3.05, 3.63) is 78.1 Å². The third-order valence-electron chi connectivity index (χ3n) is 4.24. The van der Waals surface area contributed by atoms with Gasteiger partial charge in [-0.3, -0.25) is 4.72 Å². The molecule has 7 nitrogen and oxygen atoms in total. The molecular weight excluding hydrogens is 397 g/mol. The number of rotatable bonds is 5. The number of hydrogen-bond donors (Lipinski definition) is 3. The first-order valence-electron chi connectivity index (χ1n) is 8.44. The Morgan fingerprint density at radius 3 is 2.52 bits per heavy atom. The number of aromatic carboxylic acids is 1. The number of benzene rings is 3. The van der Waals surface area contributed by atoms with Crippen LogP contribution in [-0.2, 0) is 10.0 Å². The van der Waals surface area contributed by atoms with E-state index in [-0.39, 0.29) is 22.0 Å². The summed E-state index contributed by atoms with van der Waals surface area (Å²) in [5.41, 5.74) is 2.05. The summed E-state index contributed by atoms with van der Waals surface area (Å²) >= 11 is 0. The van der Waals surface area contributed by atoms with Crippen LogP contribution < -0.4 is 4.72 Å². The lowest BCUT2D eigenvalue weighted by Crippen LogP contribution is -2.13. The molecule has 3 N–H and O–H groups in total. The molecule has 0 bridgehead atoms. The van der Waals surface area contributed by atoms with Gasteiger partial charge in [-0.05, 0) is 60.7 Å². The minimum atomic E-state index is -3.98. The fourth-order valence-electron chi connectivity index (χ4n) is 2.83. The van der Waals surface area contributed by atoms with E-state index in [2.05, 4.69) is 14.7 Å². The smallest absolute Gasteiger partial charge is 0.335 e. The summed E-state index contributed by atoms with van der Waals surface area (Å²) in [5, 5.41) is 9.05. The molecule has 0 spiro atoms. The first kappa shape index (κ1) is 18.6. The lowest BCUT2D eigenvalue weighted by molar-refractivity contribution is 0.0696. The van der Waals surface area contributed by atoms with Crippen LogP contribution in [0.3, 0.4) is 0 Å². The number of aromatic amines is 1. The molecule has 0 aliphatic heterocycles. The number of carboxylic acids is 1. The number of fused-ring (bicyclic) bond motifs is 1. The van der Waals surface area contributed by atoms with E-state index in [1.165, 1.54) is 30.3 Å². The average molecular weight is 411 g/mol. The molecule has 3 aromatic carbocycles. The number of halogens is 1. The van der Waals surface area contributed by atoms with Gasteiger partial charge >= 0.3 is 5.97 Å². The highest BCUT2D eigenvalue weighted by atomic mass is 32.2. The van der Waals surface area contributed by atoms with Crippen molar-refractivity contribution in [3.8, 4) is 11.4 Å². The van der Waals surface area contributed by atoms with Crippen LogP contribution in [0.1, 0.15) is 10.4 Å². The highest BCUT2D eigenvalue weighted by molar-refractivity contribution is 7.92. The fourth-order valence-corrected chi connectivity index (χ4v) is 3.92. The van der Waals surface area contributed by atoms with Gasteiger partial charge in [-0.25, -0.2) is 22.6 Å². The molecule has 0 saturated heterocycles. The number of sulfonamides is 1. The van der Waals surface area contributed by atoms with Gasteiger partial charge in [0, 0.05) is 5.56 Å². The molecule has 0 aliphatic rings. The zero-order valence-corrected chi connectivity index (χ0v) is 15.6. The highest BCUT2D eigenvalue weighted by Crippen LogP contribution is 2.24. The quantitative estimate of drug-likeness (QED) is 0.462. The predicted molar refractivity (Wildman–Crippen MR) is 106 cm³/mol. The topological polar surface area (TPSA) is 112 Å². The molecule has 0 saturated carbocycles. The summed E-state index contributed by atoms with van der Waals surface area (Å²) in [7, 11) is -3.98. The number of nitrogens with one attached hydrogen (secondary N) is 2. The second-order valence-electron chi connectivity index (χ2n) is 6.26. The largest absolute Gasteiger partial charge is 0.478 e. The molecule has 0 radical (unpaired) electrons. The number of H-pyrrole nitrogens is 1. The number of carbonyl (C=O) groups is 1. The summed E-state index contributed by atoms with van der Waals surface area (Å²) in [4.78, 5) is 18.4. The molecule has 0 amide bonds. The van der Waals surface area contributed by atoms with E-state index in [1.807, 2.05) is 0 Å². The predicted octanol–water partition coefficient (Wildman–Crippen LogP) is 3.87. The molecule has 0 atom stereocenters. The Kier molecular flexibility index (Phi) is 4.51. The van der Waals surface area contributed by atoms with Crippen molar-refractivity contribution < 1.29 is 22.7 Å². The van der Waals surface area contributed by atoms with E-state index in [9.17, 15) is 17.6 Å². The molecule has 4 rings (SSSR count). The maximum Gasteiger partial charge on any atom is 0.335 e. The number of aromatic nitrogens is 2. The maximum atomic E-state index is 13.1. The molecule has 9 heteroatoms. The Balaban J connectivity index is 1.65. The molecule has 0 aliphatic carbocycles. The molecule has 1 heterocycles. The fraction of sp³-hybridized carbons (Fsp3) is 0. The number of nitrogens with zero attached hydrogens (tertiary/aromatic N) is 1. The summed E-state index contributed by atoms with van der Waals surface area (Å²) in [6, 6.07) is 15.7. The summed E-state index contributed by atoms with van der Waals surface area (Å²) in [6.07, 6.45) is 0. The molecule has 0 unspecified atom stereocenters. The Hall–Kier alpha value is -3.72. The van der Waals surface area contributed by atoms with Crippen LogP contribution in [0.25, 0.3) is 22.4 Å². The van der Waals surface area contributed by atoms with Crippen molar-refractivity contribution in [2.75, 3.05) is 4.72 Å². The van der Waals surface area contributed by atoms with E-state index < -0.39 is 16.0 Å². The number of carboxylic acid groups (broad SMARTS) is 1. The van der Waals surface area contributed by atoms with Crippen LogP contribution in [0.5, 0.6) is 0 Å². The van der Waals surface area contributed by atoms with E-state index >= 15 is 0 Å². The second kappa shape index (κ2) is 7.02.